The molecule has 2 aliphatic heterocycles. The number of aryl methyl sites for hydroxylation is 1. The van der Waals surface area contributed by atoms with Gasteiger partial charge in [-0.2, -0.15) is 0 Å². The summed E-state index contributed by atoms with van der Waals surface area (Å²) in [6, 6.07) is 11.7. The first kappa shape index (κ1) is 15.7. The molecule has 128 valence electrons. The lowest BCUT2D eigenvalue weighted by Crippen LogP contribution is -2.29. The van der Waals surface area contributed by atoms with Crippen LogP contribution in [0.2, 0.25) is 0 Å². The molecule has 2 amide bonds. The molecule has 0 spiro atoms. The van der Waals surface area contributed by atoms with Gasteiger partial charge in [-0.15, -0.1) is 0 Å². The van der Waals surface area contributed by atoms with Crippen molar-refractivity contribution in [3.8, 4) is 0 Å². The molecule has 0 bridgehead atoms. The van der Waals surface area contributed by atoms with E-state index in [-0.39, 0.29) is 11.8 Å². The van der Waals surface area contributed by atoms with Gasteiger partial charge in [-0.3, -0.25) is 9.59 Å². The first-order chi connectivity index (χ1) is 12.0. The first-order valence-electron chi connectivity index (χ1n) is 8.60. The molecule has 0 fully saturated rings. The van der Waals surface area contributed by atoms with Crippen LogP contribution < -0.4 is 15.1 Å². The SMILES string of the molecule is Cc1cccc2c1N(C(=O)c1ccc3c(c1)NC(=O)CCN3C)CC2. The minimum atomic E-state index is -0.0167. The Bertz CT molecular complexity index is 875. The van der Waals surface area contributed by atoms with Crippen molar-refractivity contribution in [2.45, 2.75) is 19.8 Å². The van der Waals surface area contributed by atoms with Gasteiger partial charge in [-0.25, -0.2) is 0 Å². The van der Waals surface area contributed by atoms with Gasteiger partial charge in [-0.05, 0) is 42.7 Å². The van der Waals surface area contributed by atoms with Crippen molar-refractivity contribution in [1.29, 1.82) is 0 Å². The highest BCUT2D eigenvalue weighted by Gasteiger charge is 2.28. The van der Waals surface area contributed by atoms with Gasteiger partial charge >= 0.3 is 0 Å². The predicted molar refractivity (Wildman–Crippen MR) is 99.5 cm³/mol. The molecular weight excluding hydrogens is 314 g/mol. The first-order valence-corrected chi connectivity index (χ1v) is 8.60. The Hall–Kier alpha value is -2.82. The highest BCUT2D eigenvalue weighted by Crippen LogP contribution is 2.34. The summed E-state index contributed by atoms with van der Waals surface area (Å²) in [6.45, 7) is 3.41. The molecule has 0 aromatic heterocycles. The molecule has 2 heterocycles. The molecule has 0 saturated heterocycles. The van der Waals surface area contributed by atoms with Crippen molar-refractivity contribution in [2.24, 2.45) is 0 Å². The average molecular weight is 335 g/mol. The molecule has 2 aromatic carbocycles. The largest absolute Gasteiger partial charge is 0.372 e. The van der Waals surface area contributed by atoms with Crippen LogP contribution in [-0.2, 0) is 11.2 Å². The molecule has 0 radical (unpaired) electrons. The number of carbonyl (C=O) groups excluding carboxylic acids is 2. The summed E-state index contributed by atoms with van der Waals surface area (Å²) < 4.78 is 0. The summed E-state index contributed by atoms with van der Waals surface area (Å²) in [7, 11) is 1.96. The van der Waals surface area contributed by atoms with Crippen molar-refractivity contribution < 1.29 is 9.59 Å². The van der Waals surface area contributed by atoms with E-state index in [0.717, 1.165) is 23.4 Å². The van der Waals surface area contributed by atoms with Crippen LogP contribution in [0.25, 0.3) is 0 Å². The number of para-hydroxylation sites is 1. The molecule has 5 heteroatoms. The van der Waals surface area contributed by atoms with Crippen LogP contribution in [0.1, 0.15) is 27.9 Å². The van der Waals surface area contributed by atoms with Crippen LogP contribution in [-0.4, -0.2) is 32.0 Å². The zero-order valence-electron chi connectivity index (χ0n) is 14.5. The monoisotopic (exact) mass is 335 g/mol. The Morgan fingerprint density at radius 1 is 1.12 bits per heavy atom. The summed E-state index contributed by atoms with van der Waals surface area (Å²) >= 11 is 0. The molecular formula is C20H21N3O2. The quantitative estimate of drug-likeness (QED) is 0.872. The lowest BCUT2D eigenvalue weighted by Gasteiger charge is -2.22. The van der Waals surface area contributed by atoms with E-state index >= 15 is 0 Å². The fourth-order valence-corrected chi connectivity index (χ4v) is 3.72. The second-order valence-electron chi connectivity index (χ2n) is 6.74. The van der Waals surface area contributed by atoms with Gasteiger partial charge < -0.3 is 15.1 Å². The summed E-state index contributed by atoms with van der Waals surface area (Å²) in [5, 5.41) is 2.92. The van der Waals surface area contributed by atoms with E-state index in [2.05, 4.69) is 11.4 Å². The van der Waals surface area contributed by atoms with E-state index in [4.69, 9.17) is 0 Å². The maximum Gasteiger partial charge on any atom is 0.258 e. The van der Waals surface area contributed by atoms with E-state index in [1.807, 2.05) is 48.0 Å². The van der Waals surface area contributed by atoms with E-state index in [0.29, 0.717) is 30.8 Å². The number of amides is 2. The van der Waals surface area contributed by atoms with Gasteiger partial charge in [0, 0.05) is 32.1 Å². The Kier molecular flexibility index (Phi) is 3.71. The zero-order valence-corrected chi connectivity index (χ0v) is 14.5. The third-order valence-corrected chi connectivity index (χ3v) is 5.04. The summed E-state index contributed by atoms with van der Waals surface area (Å²) in [5.41, 5.74) is 5.62. The molecule has 5 nitrogen and oxygen atoms in total. The number of hydrogen-bond donors (Lipinski definition) is 1. The summed E-state index contributed by atoms with van der Waals surface area (Å²) in [4.78, 5) is 28.9. The number of benzene rings is 2. The van der Waals surface area contributed by atoms with Gasteiger partial charge in [0.05, 0.1) is 17.1 Å². The second kappa shape index (κ2) is 5.92. The molecule has 2 aromatic rings. The fraction of sp³-hybridized carbons (Fsp3) is 0.300. The maximum atomic E-state index is 13.1. The highest BCUT2D eigenvalue weighted by atomic mass is 16.2. The standard InChI is InChI=1S/C20H21N3O2/c1-13-4-3-5-14-8-11-23(19(13)14)20(25)15-6-7-17-16(12-15)21-18(24)9-10-22(17)2/h3-7,12H,8-11H2,1-2H3,(H,21,24). The smallest absolute Gasteiger partial charge is 0.258 e. The van der Waals surface area contributed by atoms with Crippen molar-refractivity contribution in [1.82, 2.24) is 0 Å². The van der Waals surface area contributed by atoms with Crippen molar-refractivity contribution in [2.75, 3.05) is 35.3 Å². The Balaban J connectivity index is 1.70. The predicted octanol–water partition coefficient (Wildman–Crippen LogP) is 2.98. The van der Waals surface area contributed by atoms with E-state index < -0.39 is 0 Å². The molecule has 0 atom stereocenters. The zero-order chi connectivity index (χ0) is 17.6. The third kappa shape index (κ3) is 2.65. The Morgan fingerprint density at radius 2 is 1.96 bits per heavy atom. The molecule has 25 heavy (non-hydrogen) atoms. The normalized spacial score (nSPS) is 16.2. The lowest BCUT2D eigenvalue weighted by atomic mass is 10.1. The van der Waals surface area contributed by atoms with Crippen LogP contribution >= 0.6 is 0 Å². The van der Waals surface area contributed by atoms with Gasteiger partial charge in [0.25, 0.3) is 5.91 Å². The molecule has 0 unspecified atom stereocenters. The van der Waals surface area contributed by atoms with Crippen LogP contribution in [0.3, 0.4) is 0 Å². The topological polar surface area (TPSA) is 52.7 Å². The molecule has 2 aliphatic rings. The van der Waals surface area contributed by atoms with Crippen molar-refractivity contribution in [3.05, 3.63) is 53.1 Å². The number of carbonyl (C=O) groups is 2. The van der Waals surface area contributed by atoms with Gasteiger partial charge in [-0.1, -0.05) is 18.2 Å². The number of rotatable bonds is 1. The van der Waals surface area contributed by atoms with Crippen LogP contribution in [0.5, 0.6) is 0 Å². The molecule has 1 N–H and O–H groups in total. The van der Waals surface area contributed by atoms with Crippen molar-refractivity contribution >= 4 is 28.9 Å². The molecule has 0 aliphatic carbocycles. The van der Waals surface area contributed by atoms with E-state index in [9.17, 15) is 9.59 Å². The average Bonchev–Trinajstić information content (AvgIpc) is 2.98. The van der Waals surface area contributed by atoms with Crippen molar-refractivity contribution in [3.63, 3.8) is 0 Å². The minimum Gasteiger partial charge on any atom is -0.372 e. The van der Waals surface area contributed by atoms with Crippen LogP contribution in [0.4, 0.5) is 17.1 Å². The van der Waals surface area contributed by atoms with Gasteiger partial charge in [0.15, 0.2) is 0 Å². The van der Waals surface area contributed by atoms with Crippen LogP contribution in [0.15, 0.2) is 36.4 Å². The lowest BCUT2D eigenvalue weighted by molar-refractivity contribution is -0.115. The number of anilines is 3. The number of hydrogen-bond acceptors (Lipinski definition) is 3. The minimum absolute atomic E-state index is 0.0161. The van der Waals surface area contributed by atoms with Crippen LogP contribution in [0, 0.1) is 6.92 Å². The number of nitrogens with one attached hydrogen (secondary N) is 1. The Labute approximate surface area is 147 Å². The maximum absolute atomic E-state index is 13.1. The van der Waals surface area contributed by atoms with E-state index in [1.54, 1.807) is 6.07 Å². The number of fused-ring (bicyclic) bond motifs is 2. The molecule has 4 rings (SSSR count). The summed E-state index contributed by atoms with van der Waals surface area (Å²) in [6.07, 6.45) is 1.33. The Morgan fingerprint density at radius 3 is 2.80 bits per heavy atom. The van der Waals surface area contributed by atoms with Gasteiger partial charge in [0.1, 0.15) is 0 Å². The number of nitrogens with zero attached hydrogens (tertiary/aromatic N) is 2. The fourth-order valence-electron chi connectivity index (χ4n) is 3.72. The second-order valence-corrected chi connectivity index (χ2v) is 6.74. The summed E-state index contributed by atoms with van der Waals surface area (Å²) in [5.74, 6) is -0.0328. The molecule has 0 saturated carbocycles. The highest BCUT2D eigenvalue weighted by molar-refractivity contribution is 6.09. The van der Waals surface area contributed by atoms with E-state index in [1.165, 1.54) is 5.56 Å². The third-order valence-electron chi connectivity index (χ3n) is 5.04. The van der Waals surface area contributed by atoms with Gasteiger partial charge in [0.2, 0.25) is 5.91 Å².